The van der Waals surface area contributed by atoms with Crippen molar-refractivity contribution >= 4 is 15.7 Å². The van der Waals surface area contributed by atoms with Crippen LogP contribution in [0.5, 0.6) is 0 Å². The van der Waals surface area contributed by atoms with E-state index in [2.05, 4.69) is 5.32 Å². The van der Waals surface area contributed by atoms with Crippen LogP contribution in [0.15, 0.2) is 29.2 Å². The number of benzene rings is 1. The normalized spacial score (nSPS) is 30.1. The van der Waals surface area contributed by atoms with Crippen molar-refractivity contribution in [3.05, 3.63) is 24.3 Å². The number of rotatable bonds is 1. The fourth-order valence-electron chi connectivity index (χ4n) is 2.77. The molecule has 1 fully saturated rings. The Morgan fingerprint density at radius 3 is 2.94 bits per heavy atom. The van der Waals surface area contributed by atoms with Gasteiger partial charge in [0, 0.05) is 13.7 Å². The van der Waals surface area contributed by atoms with Gasteiger partial charge in [-0.05, 0) is 25.0 Å². The maximum absolute atomic E-state index is 12.6. The highest BCUT2D eigenvalue weighted by molar-refractivity contribution is 7.89. The van der Waals surface area contributed by atoms with Gasteiger partial charge in [-0.3, -0.25) is 0 Å². The summed E-state index contributed by atoms with van der Waals surface area (Å²) in [6, 6.07) is 6.87. The van der Waals surface area contributed by atoms with Gasteiger partial charge in [0.25, 0.3) is 0 Å². The van der Waals surface area contributed by atoms with Crippen LogP contribution in [0.4, 0.5) is 5.69 Å². The summed E-state index contributed by atoms with van der Waals surface area (Å²) in [4.78, 5) is 0.344. The minimum atomic E-state index is -3.41. The van der Waals surface area contributed by atoms with Crippen LogP contribution in [0, 0.1) is 0 Å². The van der Waals surface area contributed by atoms with Crippen molar-refractivity contribution in [2.45, 2.75) is 30.0 Å². The lowest BCUT2D eigenvalue weighted by atomic mass is 10.2. The highest BCUT2D eigenvalue weighted by atomic mass is 32.2. The molecule has 0 aliphatic carbocycles. The summed E-state index contributed by atoms with van der Waals surface area (Å²) >= 11 is 0. The molecule has 2 aliphatic heterocycles. The average molecular weight is 268 g/mol. The number of hydrogen-bond acceptors (Lipinski definition) is 4. The Morgan fingerprint density at radius 2 is 2.17 bits per heavy atom. The van der Waals surface area contributed by atoms with Gasteiger partial charge in [0.15, 0.2) is 0 Å². The molecule has 1 saturated heterocycles. The number of anilines is 1. The Labute approximate surface area is 107 Å². The van der Waals surface area contributed by atoms with Crippen molar-refractivity contribution in [3.63, 3.8) is 0 Å². The van der Waals surface area contributed by atoms with Gasteiger partial charge in [-0.15, -0.1) is 0 Å². The molecule has 0 spiro atoms. The first-order valence-corrected chi connectivity index (χ1v) is 7.49. The van der Waals surface area contributed by atoms with E-state index in [1.54, 1.807) is 29.6 Å². The molecule has 2 heterocycles. The third-order valence-corrected chi connectivity index (χ3v) is 5.61. The van der Waals surface area contributed by atoms with Crippen LogP contribution in [0.3, 0.4) is 0 Å². The van der Waals surface area contributed by atoms with Crippen molar-refractivity contribution in [2.75, 3.05) is 19.0 Å². The highest BCUT2D eigenvalue weighted by Crippen LogP contribution is 2.35. The molecule has 6 heteroatoms. The number of nitrogens with one attached hydrogen (secondary N) is 1. The molecule has 0 unspecified atom stereocenters. The van der Waals surface area contributed by atoms with Gasteiger partial charge in [0.2, 0.25) is 10.0 Å². The zero-order valence-corrected chi connectivity index (χ0v) is 11.0. The maximum Gasteiger partial charge on any atom is 0.245 e. The van der Waals surface area contributed by atoms with E-state index in [-0.39, 0.29) is 12.3 Å². The molecule has 18 heavy (non-hydrogen) atoms. The molecule has 1 aromatic carbocycles. The van der Waals surface area contributed by atoms with Crippen molar-refractivity contribution in [1.82, 2.24) is 4.31 Å². The quantitative estimate of drug-likeness (QED) is 0.832. The summed E-state index contributed by atoms with van der Waals surface area (Å²) in [5.74, 6) is 0. The van der Waals surface area contributed by atoms with E-state index in [4.69, 9.17) is 4.74 Å². The Morgan fingerprint density at radius 1 is 1.39 bits per heavy atom. The van der Waals surface area contributed by atoms with Crippen molar-refractivity contribution in [1.29, 1.82) is 0 Å². The minimum absolute atomic E-state index is 0.118. The number of methoxy groups -OCH3 is 1. The summed E-state index contributed by atoms with van der Waals surface area (Å²) in [6.07, 6.45) is 1.43. The van der Waals surface area contributed by atoms with Crippen LogP contribution in [0.1, 0.15) is 12.8 Å². The van der Waals surface area contributed by atoms with E-state index in [9.17, 15) is 8.42 Å². The summed E-state index contributed by atoms with van der Waals surface area (Å²) in [7, 11) is -1.80. The lowest BCUT2D eigenvalue weighted by Crippen LogP contribution is -2.44. The number of hydrogen-bond donors (Lipinski definition) is 1. The molecule has 1 aromatic rings. The average Bonchev–Trinajstić information content (AvgIpc) is 2.83. The van der Waals surface area contributed by atoms with E-state index in [0.717, 1.165) is 12.8 Å². The van der Waals surface area contributed by atoms with Crippen LogP contribution < -0.4 is 5.32 Å². The largest absolute Gasteiger partial charge is 0.360 e. The summed E-state index contributed by atoms with van der Waals surface area (Å²) in [5, 5.41) is 3.19. The smallest absolute Gasteiger partial charge is 0.245 e. The molecule has 0 amide bonds. The number of nitrogens with zero attached hydrogens (tertiary/aromatic N) is 1. The van der Waals surface area contributed by atoms with Crippen LogP contribution in [-0.2, 0) is 14.8 Å². The fourth-order valence-corrected chi connectivity index (χ4v) is 4.62. The summed E-state index contributed by atoms with van der Waals surface area (Å²) in [5.41, 5.74) is 0.624. The Bertz CT molecular complexity index is 558. The molecule has 98 valence electrons. The second-order valence-corrected chi connectivity index (χ2v) is 6.48. The lowest BCUT2D eigenvalue weighted by molar-refractivity contribution is 0.0765. The number of ether oxygens (including phenoxy) is 1. The molecular weight excluding hydrogens is 252 g/mol. The highest BCUT2D eigenvalue weighted by Gasteiger charge is 2.43. The zero-order chi connectivity index (χ0) is 12.8. The van der Waals surface area contributed by atoms with Crippen LogP contribution in [0.25, 0.3) is 0 Å². The van der Waals surface area contributed by atoms with E-state index in [0.29, 0.717) is 17.1 Å². The summed E-state index contributed by atoms with van der Waals surface area (Å²) in [6.45, 7) is 0.572. The van der Waals surface area contributed by atoms with Gasteiger partial charge in [0.05, 0.1) is 11.7 Å². The van der Waals surface area contributed by atoms with Crippen LogP contribution in [-0.4, -0.2) is 38.6 Å². The predicted molar refractivity (Wildman–Crippen MR) is 67.8 cm³/mol. The van der Waals surface area contributed by atoms with Crippen molar-refractivity contribution in [2.24, 2.45) is 0 Å². The van der Waals surface area contributed by atoms with E-state index >= 15 is 0 Å². The first-order valence-electron chi connectivity index (χ1n) is 6.05. The third-order valence-electron chi connectivity index (χ3n) is 3.62. The molecule has 2 aliphatic rings. The lowest BCUT2D eigenvalue weighted by Gasteiger charge is -2.26. The number of sulfonamides is 1. The van der Waals surface area contributed by atoms with Crippen molar-refractivity contribution in [3.8, 4) is 0 Å². The van der Waals surface area contributed by atoms with E-state index < -0.39 is 10.0 Å². The van der Waals surface area contributed by atoms with Gasteiger partial charge in [-0.25, -0.2) is 8.42 Å². The Kier molecular flexibility index (Phi) is 2.80. The molecule has 0 aromatic heterocycles. The second-order valence-electron chi connectivity index (χ2n) is 4.62. The van der Waals surface area contributed by atoms with Gasteiger partial charge in [-0.1, -0.05) is 12.1 Å². The molecular formula is C12H16N2O3S. The molecule has 5 nitrogen and oxygen atoms in total. The van der Waals surface area contributed by atoms with E-state index in [1.165, 1.54) is 0 Å². The molecule has 0 radical (unpaired) electrons. The molecule has 0 bridgehead atoms. The molecule has 3 rings (SSSR count). The van der Waals surface area contributed by atoms with Crippen molar-refractivity contribution < 1.29 is 13.2 Å². The summed E-state index contributed by atoms with van der Waals surface area (Å²) < 4.78 is 32.2. The predicted octanol–water partition coefficient (Wildman–Crippen LogP) is 1.24. The standard InChI is InChI=1S/C12H16N2O3S/c1-17-12-10-6-4-8-14(10)18(15,16)11-7-3-2-5-9(11)13-12/h2-3,5,7,10,12-13H,4,6,8H2,1H3/t10-,12+/m0/s1. The van der Waals surface area contributed by atoms with Crippen LogP contribution in [0.2, 0.25) is 0 Å². The second kappa shape index (κ2) is 4.22. The maximum atomic E-state index is 12.6. The first-order chi connectivity index (χ1) is 8.64. The molecule has 0 saturated carbocycles. The Hall–Kier alpha value is -1.11. The fraction of sp³-hybridized carbons (Fsp3) is 0.500. The number of fused-ring (bicyclic) bond motifs is 2. The zero-order valence-electron chi connectivity index (χ0n) is 10.2. The Balaban J connectivity index is 2.17. The number of para-hydroxylation sites is 1. The van der Waals surface area contributed by atoms with Gasteiger partial charge < -0.3 is 10.1 Å². The molecule has 2 atom stereocenters. The van der Waals surface area contributed by atoms with Gasteiger partial charge in [-0.2, -0.15) is 4.31 Å². The molecule has 1 N–H and O–H groups in total. The minimum Gasteiger partial charge on any atom is -0.360 e. The van der Waals surface area contributed by atoms with Gasteiger partial charge in [0.1, 0.15) is 11.1 Å². The first kappa shape index (κ1) is 12.0. The van der Waals surface area contributed by atoms with E-state index in [1.807, 2.05) is 6.07 Å². The monoisotopic (exact) mass is 268 g/mol. The van der Waals surface area contributed by atoms with Gasteiger partial charge >= 0.3 is 0 Å². The third kappa shape index (κ3) is 1.64. The van der Waals surface area contributed by atoms with Crippen LogP contribution >= 0.6 is 0 Å². The topological polar surface area (TPSA) is 58.6 Å². The SMILES string of the molecule is CO[C@H]1Nc2ccccc2S(=O)(=O)N2CCC[C@@H]12.